The highest BCUT2D eigenvalue weighted by Gasteiger charge is 2.24. The van der Waals surface area contributed by atoms with Gasteiger partial charge in [0, 0.05) is 0 Å². The van der Waals surface area contributed by atoms with Gasteiger partial charge in [0.1, 0.15) is 0 Å². The summed E-state index contributed by atoms with van der Waals surface area (Å²) in [6, 6.07) is 8.91. The first-order chi connectivity index (χ1) is 6.43. The minimum absolute atomic E-state index is 0.884. The lowest BCUT2D eigenvalue weighted by atomic mass is 9.82. The minimum Gasteiger partial charge on any atom is -0.0807 e. The van der Waals surface area contributed by atoms with Crippen molar-refractivity contribution in [1.29, 1.82) is 0 Å². The van der Waals surface area contributed by atoms with Crippen LogP contribution in [-0.2, 0) is 12.8 Å². The van der Waals surface area contributed by atoms with Gasteiger partial charge in [-0.1, -0.05) is 35.9 Å². The molecule has 0 N–H and O–H groups in total. The Balaban J connectivity index is 1.90. The van der Waals surface area contributed by atoms with E-state index in [0.717, 1.165) is 5.92 Å². The van der Waals surface area contributed by atoms with Crippen molar-refractivity contribution in [2.75, 3.05) is 0 Å². The van der Waals surface area contributed by atoms with Crippen LogP contribution >= 0.6 is 0 Å². The average molecular weight is 170 g/mol. The highest BCUT2D eigenvalue weighted by molar-refractivity contribution is 5.35. The molecule has 0 aromatic heterocycles. The molecule has 2 aliphatic carbocycles. The molecule has 0 heteroatoms. The molecule has 0 bridgehead atoms. The molecule has 0 aliphatic heterocycles. The third-order valence-corrected chi connectivity index (χ3v) is 3.31. The predicted octanol–water partition coefficient (Wildman–Crippen LogP) is 3.12. The lowest BCUT2D eigenvalue weighted by Crippen LogP contribution is -2.13. The second-order valence-corrected chi connectivity index (χ2v) is 4.19. The van der Waals surface area contributed by atoms with Crippen molar-refractivity contribution in [1.82, 2.24) is 0 Å². The highest BCUT2D eigenvalue weighted by Crippen LogP contribution is 2.37. The van der Waals surface area contributed by atoms with Crippen molar-refractivity contribution in [3.8, 4) is 0 Å². The van der Waals surface area contributed by atoms with E-state index in [1.165, 1.54) is 25.7 Å². The van der Waals surface area contributed by atoms with Crippen LogP contribution in [0.25, 0.3) is 0 Å². The molecule has 0 saturated carbocycles. The molecule has 0 heterocycles. The molecular formula is C13H14. The largest absolute Gasteiger partial charge is 0.0807 e. The van der Waals surface area contributed by atoms with Gasteiger partial charge in [-0.05, 0) is 42.7 Å². The molecule has 66 valence electrons. The molecule has 2 aliphatic rings. The molecule has 0 spiro atoms. The smallest absolute Gasteiger partial charge is 0.0133 e. The Bertz CT molecular complexity index is 360. The summed E-state index contributed by atoms with van der Waals surface area (Å²) in [7, 11) is 0. The molecule has 1 unspecified atom stereocenters. The zero-order valence-electron chi connectivity index (χ0n) is 7.79. The summed E-state index contributed by atoms with van der Waals surface area (Å²) < 4.78 is 0. The van der Waals surface area contributed by atoms with E-state index in [4.69, 9.17) is 0 Å². The number of aryl methyl sites for hydroxylation is 1. The summed E-state index contributed by atoms with van der Waals surface area (Å²) in [4.78, 5) is 0. The summed E-state index contributed by atoms with van der Waals surface area (Å²) >= 11 is 0. The van der Waals surface area contributed by atoms with E-state index in [1.807, 2.05) is 0 Å². The van der Waals surface area contributed by atoms with Crippen LogP contribution in [0.15, 0.2) is 35.9 Å². The number of allylic oxidation sites excluding steroid dienone is 2. The fraction of sp³-hybridized carbons (Fsp3) is 0.385. The van der Waals surface area contributed by atoms with E-state index in [9.17, 15) is 0 Å². The molecule has 0 saturated heterocycles. The maximum atomic E-state index is 2.39. The summed E-state index contributed by atoms with van der Waals surface area (Å²) in [5.41, 5.74) is 4.89. The molecule has 0 amide bonds. The number of hydrogen-bond donors (Lipinski definition) is 0. The van der Waals surface area contributed by atoms with Crippen LogP contribution in [0.2, 0.25) is 0 Å². The van der Waals surface area contributed by atoms with Crippen molar-refractivity contribution >= 4 is 0 Å². The molecule has 0 radical (unpaired) electrons. The first kappa shape index (κ1) is 7.37. The monoisotopic (exact) mass is 170 g/mol. The molecule has 1 aromatic rings. The molecule has 1 aromatic carbocycles. The Morgan fingerprint density at radius 2 is 1.85 bits per heavy atom. The zero-order chi connectivity index (χ0) is 8.67. The van der Waals surface area contributed by atoms with Crippen LogP contribution in [0.1, 0.15) is 24.0 Å². The minimum atomic E-state index is 0.884. The summed E-state index contributed by atoms with van der Waals surface area (Å²) in [6.45, 7) is 0. The van der Waals surface area contributed by atoms with Crippen LogP contribution in [0.4, 0.5) is 0 Å². The summed E-state index contributed by atoms with van der Waals surface area (Å²) in [5.74, 6) is 0.884. The van der Waals surface area contributed by atoms with Crippen LogP contribution in [-0.4, -0.2) is 0 Å². The molecule has 13 heavy (non-hydrogen) atoms. The maximum absolute atomic E-state index is 2.39. The Morgan fingerprint density at radius 3 is 2.62 bits per heavy atom. The van der Waals surface area contributed by atoms with Crippen molar-refractivity contribution < 1.29 is 0 Å². The zero-order valence-corrected chi connectivity index (χ0v) is 7.79. The van der Waals surface area contributed by atoms with Gasteiger partial charge in [0.05, 0.1) is 0 Å². The van der Waals surface area contributed by atoms with Crippen molar-refractivity contribution in [3.63, 3.8) is 0 Å². The molecule has 0 nitrogen and oxygen atoms in total. The second kappa shape index (κ2) is 2.73. The van der Waals surface area contributed by atoms with E-state index in [-0.39, 0.29) is 0 Å². The standard InChI is InChI=1S/C13H14/c1-2-4-12-9-13(11-5-6-11)8-7-10(12)3-1/h1-5,13H,6-9H2. The van der Waals surface area contributed by atoms with Crippen molar-refractivity contribution in [2.45, 2.75) is 25.7 Å². The number of rotatable bonds is 1. The summed E-state index contributed by atoms with van der Waals surface area (Å²) in [5, 5.41) is 0. The van der Waals surface area contributed by atoms with E-state index >= 15 is 0 Å². The summed E-state index contributed by atoms with van der Waals surface area (Å²) in [6.07, 6.45) is 7.65. The van der Waals surface area contributed by atoms with Gasteiger partial charge in [-0.25, -0.2) is 0 Å². The average Bonchev–Trinajstić information content (AvgIpc) is 3.00. The van der Waals surface area contributed by atoms with Gasteiger partial charge in [-0.2, -0.15) is 0 Å². The van der Waals surface area contributed by atoms with Gasteiger partial charge in [-0.3, -0.25) is 0 Å². The Kier molecular flexibility index (Phi) is 1.55. The molecule has 3 rings (SSSR count). The molecular weight excluding hydrogens is 156 g/mol. The van der Waals surface area contributed by atoms with Gasteiger partial charge in [-0.15, -0.1) is 0 Å². The SMILES string of the molecule is C1=C(C2CCc3ccccc3C2)C1. The third kappa shape index (κ3) is 1.31. The molecule has 0 fully saturated rings. The number of benzene rings is 1. The molecule has 1 atom stereocenters. The predicted molar refractivity (Wildman–Crippen MR) is 54.7 cm³/mol. The fourth-order valence-electron chi connectivity index (χ4n) is 2.41. The van der Waals surface area contributed by atoms with Gasteiger partial charge in [0.2, 0.25) is 0 Å². The van der Waals surface area contributed by atoms with Gasteiger partial charge >= 0.3 is 0 Å². The maximum Gasteiger partial charge on any atom is -0.0133 e. The van der Waals surface area contributed by atoms with Crippen LogP contribution in [0.5, 0.6) is 0 Å². The number of hydrogen-bond acceptors (Lipinski definition) is 0. The van der Waals surface area contributed by atoms with Crippen LogP contribution in [0.3, 0.4) is 0 Å². The normalized spacial score (nSPS) is 24.9. The van der Waals surface area contributed by atoms with Gasteiger partial charge in [0.25, 0.3) is 0 Å². The fourth-order valence-corrected chi connectivity index (χ4v) is 2.41. The Hall–Kier alpha value is -1.04. The first-order valence-electron chi connectivity index (χ1n) is 5.19. The van der Waals surface area contributed by atoms with E-state index in [2.05, 4.69) is 30.3 Å². The quantitative estimate of drug-likeness (QED) is 0.568. The topological polar surface area (TPSA) is 0 Å². The van der Waals surface area contributed by atoms with Gasteiger partial charge in [0.15, 0.2) is 0 Å². The first-order valence-corrected chi connectivity index (χ1v) is 5.19. The van der Waals surface area contributed by atoms with Gasteiger partial charge < -0.3 is 0 Å². The van der Waals surface area contributed by atoms with Crippen LogP contribution < -0.4 is 0 Å². The van der Waals surface area contributed by atoms with Crippen molar-refractivity contribution in [3.05, 3.63) is 47.0 Å². The number of fused-ring (bicyclic) bond motifs is 1. The Morgan fingerprint density at radius 1 is 1.08 bits per heavy atom. The van der Waals surface area contributed by atoms with Crippen LogP contribution in [0, 0.1) is 5.92 Å². The lowest BCUT2D eigenvalue weighted by molar-refractivity contribution is 0.536. The lowest BCUT2D eigenvalue weighted by Gasteiger charge is -2.22. The van der Waals surface area contributed by atoms with E-state index < -0.39 is 0 Å². The van der Waals surface area contributed by atoms with Crippen molar-refractivity contribution in [2.24, 2.45) is 5.92 Å². The van der Waals surface area contributed by atoms with E-state index in [0.29, 0.717) is 0 Å². The Labute approximate surface area is 79.3 Å². The van der Waals surface area contributed by atoms with E-state index in [1.54, 1.807) is 16.7 Å². The third-order valence-electron chi connectivity index (χ3n) is 3.31. The second-order valence-electron chi connectivity index (χ2n) is 4.19. The highest BCUT2D eigenvalue weighted by atomic mass is 14.3.